The van der Waals surface area contributed by atoms with Crippen molar-refractivity contribution in [2.24, 2.45) is 24.8 Å². The number of carbonyl (C=O) groups is 1. The van der Waals surface area contributed by atoms with Crippen molar-refractivity contribution in [3.8, 4) is 17.1 Å². The van der Waals surface area contributed by atoms with Crippen LogP contribution in [0.5, 0.6) is 5.75 Å². The molecule has 9 heteroatoms. The number of aromatic nitrogens is 4. The standard InChI is InChI=1S/C25H34N4O5/c1-15-22(34-17-12-16-7-8-18(19(16)13-17)25(30)31-3)10-9-20(26-15)24-21(29(2)28-27-24)14-33-23-6-4-5-11-32-23/h9-10,16-19,23H,4-8,11-14H2,1-3H3. The molecular weight excluding hydrogens is 436 g/mol. The quantitative estimate of drug-likeness (QED) is 0.567. The molecule has 2 aromatic rings. The zero-order valence-electron chi connectivity index (χ0n) is 20.2. The topological polar surface area (TPSA) is 97.6 Å². The van der Waals surface area contributed by atoms with Gasteiger partial charge in [-0.25, -0.2) is 9.67 Å². The molecule has 3 aliphatic rings. The molecule has 0 N–H and O–H groups in total. The normalized spacial score (nSPS) is 28.6. The molecule has 3 fully saturated rings. The number of carbonyl (C=O) groups excluding carboxylic acids is 1. The van der Waals surface area contributed by atoms with E-state index in [4.69, 9.17) is 23.9 Å². The molecule has 0 amide bonds. The van der Waals surface area contributed by atoms with Crippen LogP contribution < -0.4 is 4.74 Å². The van der Waals surface area contributed by atoms with Crippen molar-refractivity contribution in [2.75, 3.05) is 13.7 Å². The van der Waals surface area contributed by atoms with Crippen molar-refractivity contribution < 1.29 is 23.7 Å². The smallest absolute Gasteiger partial charge is 0.308 e. The molecule has 5 atom stereocenters. The van der Waals surface area contributed by atoms with E-state index in [1.54, 1.807) is 4.68 Å². The van der Waals surface area contributed by atoms with Gasteiger partial charge >= 0.3 is 5.97 Å². The Morgan fingerprint density at radius 2 is 2.09 bits per heavy atom. The number of fused-ring (bicyclic) bond motifs is 1. The zero-order chi connectivity index (χ0) is 23.7. The highest BCUT2D eigenvalue weighted by Crippen LogP contribution is 2.49. The van der Waals surface area contributed by atoms with E-state index in [1.165, 1.54) is 7.11 Å². The number of pyridine rings is 1. The SMILES string of the molecule is COC(=O)C1CCC2CC(Oc3ccc(-c4nnn(C)c4COC4CCCCO4)nc3C)CC21. The maximum Gasteiger partial charge on any atom is 0.308 e. The lowest BCUT2D eigenvalue weighted by Crippen LogP contribution is -2.22. The molecule has 184 valence electrons. The molecule has 2 aromatic heterocycles. The Balaban J connectivity index is 1.25. The second-order valence-corrected chi connectivity index (χ2v) is 9.74. The van der Waals surface area contributed by atoms with Crippen LogP contribution in [-0.4, -0.2) is 52.1 Å². The van der Waals surface area contributed by atoms with Gasteiger partial charge in [-0.05, 0) is 75.8 Å². The van der Waals surface area contributed by atoms with Crippen LogP contribution in [0.3, 0.4) is 0 Å². The fraction of sp³-hybridized carbons (Fsp3) is 0.680. The summed E-state index contributed by atoms with van der Waals surface area (Å²) in [7, 11) is 3.34. The second kappa shape index (κ2) is 10.00. The van der Waals surface area contributed by atoms with Crippen LogP contribution in [0.4, 0.5) is 0 Å². The van der Waals surface area contributed by atoms with Gasteiger partial charge in [0.25, 0.3) is 0 Å². The minimum absolute atomic E-state index is 0.0153. The van der Waals surface area contributed by atoms with Crippen molar-refractivity contribution in [1.29, 1.82) is 0 Å². The van der Waals surface area contributed by atoms with Crippen LogP contribution in [0, 0.1) is 24.7 Å². The van der Waals surface area contributed by atoms with E-state index >= 15 is 0 Å². The largest absolute Gasteiger partial charge is 0.489 e. The molecule has 0 aromatic carbocycles. The fourth-order valence-electron chi connectivity index (χ4n) is 5.81. The van der Waals surface area contributed by atoms with Gasteiger partial charge in [0.15, 0.2) is 6.29 Å². The third kappa shape index (κ3) is 4.68. The minimum atomic E-state index is -0.174. The summed E-state index contributed by atoms with van der Waals surface area (Å²) >= 11 is 0. The highest BCUT2D eigenvalue weighted by atomic mass is 16.7. The molecule has 2 aliphatic carbocycles. The molecule has 0 bridgehead atoms. The summed E-state index contributed by atoms with van der Waals surface area (Å²) < 4.78 is 24.8. The summed E-state index contributed by atoms with van der Waals surface area (Å²) in [5.74, 6) is 1.62. The number of aryl methyl sites for hydroxylation is 2. The van der Waals surface area contributed by atoms with Gasteiger partial charge in [0.2, 0.25) is 0 Å². The lowest BCUT2D eigenvalue weighted by atomic mass is 9.92. The van der Waals surface area contributed by atoms with Crippen molar-refractivity contribution in [3.63, 3.8) is 0 Å². The van der Waals surface area contributed by atoms with Crippen molar-refractivity contribution in [2.45, 2.75) is 70.9 Å². The number of methoxy groups -OCH3 is 1. The third-order valence-corrected chi connectivity index (χ3v) is 7.64. The van der Waals surface area contributed by atoms with Gasteiger partial charge in [-0.2, -0.15) is 0 Å². The van der Waals surface area contributed by atoms with Gasteiger partial charge in [0.05, 0.1) is 42.8 Å². The van der Waals surface area contributed by atoms with E-state index < -0.39 is 0 Å². The molecule has 1 saturated heterocycles. The highest BCUT2D eigenvalue weighted by Gasteiger charge is 2.47. The molecule has 5 unspecified atom stereocenters. The van der Waals surface area contributed by atoms with E-state index in [2.05, 4.69) is 10.3 Å². The Bertz CT molecular complexity index is 1020. The number of rotatable bonds is 7. The summed E-state index contributed by atoms with van der Waals surface area (Å²) in [4.78, 5) is 16.9. The molecule has 1 aliphatic heterocycles. The molecule has 0 radical (unpaired) electrons. The number of hydrogen-bond acceptors (Lipinski definition) is 8. The van der Waals surface area contributed by atoms with Crippen LogP contribution >= 0.6 is 0 Å². The first kappa shape index (κ1) is 23.2. The predicted molar refractivity (Wildman–Crippen MR) is 123 cm³/mol. The van der Waals surface area contributed by atoms with E-state index in [1.807, 2.05) is 26.1 Å². The summed E-state index contributed by atoms with van der Waals surface area (Å²) in [6, 6.07) is 3.90. The Kier molecular flexibility index (Phi) is 6.83. The lowest BCUT2D eigenvalue weighted by molar-refractivity contribution is -0.169. The van der Waals surface area contributed by atoms with E-state index in [9.17, 15) is 4.79 Å². The molecule has 5 rings (SSSR count). The Labute approximate surface area is 200 Å². The van der Waals surface area contributed by atoms with Crippen LogP contribution in [0.2, 0.25) is 0 Å². The van der Waals surface area contributed by atoms with E-state index in [0.717, 1.165) is 74.4 Å². The van der Waals surface area contributed by atoms with Gasteiger partial charge in [-0.3, -0.25) is 4.79 Å². The molecule has 0 spiro atoms. The van der Waals surface area contributed by atoms with Crippen LogP contribution in [0.25, 0.3) is 11.4 Å². The molecule has 34 heavy (non-hydrogen) atoms. The van der Waals surface area contributed by atoms with E-state index in [-0.39, 0.29) is 24.3 Å². The Hall–Kier alpha value is -2.52. The highest BCUT2D eigenvalue weighted by molar-refractivity contribution is 5.73. The minimum Gasteiger partial charge on any atom is -0.489 e. The molecular formula is C25H34N4O5. The monoisotopic (exact) mass is 470 g/mol. The van der Waals surface area contributed by atoms with Crippen molar-refractivity contribution >= 4 is 5.97 Å². The van der Waals surface area contributed by atoms with Crippen LogP contribution in [0.15, 0.2) is 12.1 Å². The number of nitrogens with zero attached hydrogens (tertiary/aromatic N) is 4. The third-order valence-electron chi connectivity index (χ3n) is 7.64. The first-order chi connectivity index (χ1) is 16.5. The maximum atomic E-state index is 12.1. The van der Waals surface area contributed by atoms with Gasteiger partial charge in [-0.1, -0.05) is 5.21 Å². The van der Waals surface area contributed by atoms with Gasteiger partial charge in [0.1, 0.15) is 11.4 Å². The first-order valence-corrected chi connectivity index (χ1v) is 12.4. The Morgan fingerprint density at radius 3 is 2.85 bits per heavy atom. The lowest BCUT2D eigenvalue weighted by Gasteiger charge is -2.22. The van der Waals surface area contributed by atoms with E-state index in [0.29, 0.717) is 24.1 Å². The van der Waals surface area contributed by atoms with Gasteiger partial charge in [0, 0.05) is 13.7 Å². The summed E-state index contributed by atoms with van der Waals surface area (Å²) in [6.07, 6.45) is 6.92. The van der Waals surface area contributed by atoms with Crippen molar-refractivity contribution in [3.05, 3.63) is 23.5 Å². The number of ether oxygens (including phenoxy) is 4. The van der Waals surface area contributed by atoms with Crippen molar-refractivity contribution in [1.82, 2.24) is 20.0 Å². The summed E-state index contributed by atoms with van der Waals surface area (Å²) in [5, 5.41) is 8.53. The molecule has 9 nitrogen and oxygen atoms in total. The second-order valence-electron chi connectivity index (χ2n) is 9.74. The van der Waals surface area contributed by atoms with Gasteiger partial charge < -0.3 is 18.9 Å². The summed E-state index contributed by atoms with van der Waals surface area (Å²) in [6.45, 7) is 3.07. The number of esters is 1. The average molecular weight is 471 g/mol. The predicted octanol–water partition coefficient (Wildman–Crippen LogP) is 3.59. The average Bonchev–Trinajstić information content (AvgIpc) is 3.53. The first-order valence-electron chi connectivity index (χ1n) is 12.4. The fourth-order valence-corrected chi connectivity index (χ4v) is 5.81. The zero-order valence-corrected chi connectivity index (χ0v) is 20.2. The van der Waals surface area contributed by atoms with Crippen LogP contribution in [-0.2, 0) is 32.7 Å². The Morgan fingerprint density at radius 1 is 1.21 bits per heavy atom. The molecule has 3 heterocycles. The van der Waals surface area contributed by atoms with Gasteiger partial charge in [-0.15, -0.1) is 5.10 Å². The number of hydrogen-bond donors (Lipinski definition) is 0. The molecule has 2 saturated carbocycles. The summed E-state index contributed by atoms with van der Waals surface area (Å²) in [5.41, 5.74) is 3.14. The maximum absolute atomic E-state index is 12.1. The van der Waals surface area contributed by atoms with Crippen LogP contribution in [0.1, 0.15) is 56.3 Å².